The van der Waals surface area contributed by atoms with E-state index in [9.17, 15) is 9.59 Å². The molecule has 136 valence electrons. The fraction of sp³-hybridized carbons (Fsp3) is 0.300. The van der Waals surface area contributed by atoms with Gasteiger partial charge in [-0.15, -0.1) is 0 Å². The van der Waals surface area contributed by atoms with E-state index in [0.29, 0.717) is 18.1 Å². The van der Waals surface area contributed by atoms with Crippen LogP contribution in [0.15, 0.2) is 48.5 Å². The lowest BCUT2D eigenvalue weighted by Crippen LogP contribution is -2.34. The highest BCUT2D eigenvalue weighted by Gasteiger charge is 2.34. The number of hydrogen-bond donors (Lipinski definition) is 1. The van der Waals surface area contributed by atoms with Gasteiger partial charge in [-0.2, -0.15) is 0 Å². The zero-order chi connectivity index (χ0) is 18.5. The fourth-order valence-corrected chi connectivity index (χ4v) is 3.15. The van der Waals surface area contributed by atoms with Crippen molar-refractivity contribution >= 4 is 29.1 Å². The quantitative estimate of drug-likeness (QED) is 0.847. The molecule has 0 radical (unpaired) electrons. The molecule has 1 aliphatic heterocycles. The van der Waals surface area contributed by atoms with Gasteiger partial charge in [-0.3, -0.25) is 9.59 Å². The first-order valence-electron chi connectivity index (χ1n) is 8.53. The van der Waals surface area contributed by atoms with Crippen LogP contribution in [0.4, 0.5) is 5.69 Å². The molecule has 0 bridgehead atoms. The van der Waals surface area contributed by atoms with Crippen LogP contribution < -0.4 is 15.0 Å². The van der Waals surface area contributed by atoms with E-state index in [0.717, 1.165) is 23.4 Å². The Hall–Kier alpha value is -2.53. The molecule has 0 saturated carbocycles. The predicted octanol–water partition coefficient (Wildman–Crippen LogP) is 3.06. The van der Waals surface area contributed by atoms with Crippen molar-refractivity contribution in [1.29, 1.82) is 0 Å². The van der Waals surface area contributed by atoms with Crippen LogP contribution in [-0.4, -0.2) is 32.0 Å². The monoisotopic (exact) mass is 372 g/mol. The van der Waals surface area contributed by atoms with Crippen LogP contribution in [0.2, 0.25) is 5.02 Å². The second-order valence-electron chi connectivity index (χ2n) is 6.27. The summed E-state index contributed by atoms with van der Waals surface area (Å²) < 4.78 is 5.13. The highest BCUT2D eigenvalue weighted by atomic mass is 35.5. The molecule has 0 aromatic heterocycles. The molecule has 26 heavy (non-hydrogen) atoms. The standard InChI is InChI=1S/C20H21ClN2O3/c1-26-18-8-2-14(3-9-18)10-11-22-20(25)15-12-19(24)23(13-15)17-6-4-16(21)5-7-17/h2-9,15H,10-13H2,1H3,(H,22,25). The average molecular weight is 373 g/mol. The first kappa shape index (κ1) is 18.3. The molecular formula is C20H21ClN2O3. The second kappa shape index (κ2) is 8.23. The van der Waals surface area contributed by atoms with E-state index < -0.39 is 0 Å². The third-order valence-electron chi connectivity index (χ3n) is 4.51. The summed E-state index contributed by atoms with van der Waals surface area (Å²) in [5.41, 5.74) is 1.89. The van der Waals surface area contributed by atoms with Crippen molar-refractivity contribution in [2.75, 3.05) is 25.1 Å². The first-order chi connectivity index (χ1) is 12.6. The number of benzene rings is 2. The van der Waals surface area contributed by atoms with Crippen LogP contribution in [0.3, 0.4) is 0 Å². The summed E-state index contributed by atoms with van der Waals surface area (Å²) in [6.45, 7) is 0.936. The molecule has 1 fully saturated rings. The van der Waals surface area contributed by atoms with E-state index >= 15 is 0 Å². The van der Waals surface area contributed by atoms with Crippen molar-refractivity contribution in [2.24, 2.45) is 5.92 Å². The van der Waals surface area contributed by atoms with Crippen LogP contribution in [0.5, 0.6) is 5.75 Å². The van der Waals surface area contributed by atoms with Gasteiger partial charge in [-0.25, -0.2) is 0 Å². The van der Waals surface area contributed by atoms with Crippen LogP contribution in [0.25, 0.3) is 0 Å². The smallest absolute Gasteiger partial charge is 0.227 e. The normalized spacial score (nSPS) is 16.6. The largest absolute Gasteiger partial charge is 0.497 e. The van der Waals surface area contributed by atoms with Crippen LogP contribution in [0, 0.1) is 5.92 Å². The fourth-order valence-electron chi connectivity index (χ4n) is 3.02. The Labute approximate surface area is 157 Å². The van der Waals surface area contributed by atoms with Crippen molar-refractivity contribution in [3.8, 4) is 5.75 Å². The van der Waals surface area contributed by atoms with Crippen molar-refractivity contribution in [2.45, 2.75) is 12.8 Å². The molecule has 1 atom stereocenters. The first-order valence-corrected chi connectivity index (χ1v) is 8.91. The van der Waals surface area contributed by atoms with Crippen LogP contribution in [0.1, 0.15) is 12.0 Å². The SMILES string of the molecule is COc1ccc(CCNC(=O)C2CC(=O)N(c3ccc(Cl)cc3)C2)cc1. The number of amides is 2. The van der Waals surface area contributed by atoms with Crippen LogP contribution >= 0.6 is 11.6 Å². The molecule has 1 aliphatic rings. The Balaban J connectivity index is 1.50. The number of nitrogens with zero attached hydrogens (tertiary/aromatic N) is 1. The van der Waals surface area contributed by atoms with Crippen molar-refractivity contribution in [3.05, 3.63) is 59.1 Å². The van der Waals surface area contributed by atoms with Gasteiger partial charge in [0.1, 0.15) is 5.75 Å². The number of nitrogens with one attached hydrogen (secondary N) is 1. The second-order valence-corrected chi connectivity index (χ2v) is 6.71. The summed E-state index contributed by atoms with van der Waals surface area (Å²) in [5, 5.41) is 3.55. The van der Waals surface area contributed by atoms with E-state index in [1.165, 1.54) is 0 Å². The van der Waals surface area contributed by atoms with Crippen molar-refractivity contribution < 1.29 is 14.3 Å². The predicted molar refractivity (Wildman–Crippen MR) is 102 cm³/mol. The van der Waals surface area contributed by atoms with E-state index in [-0.39, 0.29) is 24.2 Å². The Morgan fingerprint density at radius 3 is 2.54 bits per heavy atom. The maximum Gasteiger partial charge on any atom is 0.227 e. The lowest BCUT2D eigenvalue weighted by atomic mass is 10.1. The summed E-state index contributed by atoms with van der Waals surface area (Å²) >= 11 is 5.88. The third-order valence-corrected chi connectivity index (χ3v) is 4.76. The number of carbonyl (C=O) groups excluding carboxylic acids is 2. The summed E-state index contributed by atoms with van der Waals surface area (Å²) in [7, 11) is 1.63. The van der Waals surface area contributed by atoms with Gasteiger partial charge in [0.15, 0.2) is 0 Å². The van der Waals surface area contributed by atoms with Gasteiger partial charge in [-0.1, -0.05) is 23.7 Å². The number of anilines is 1. The van der Waals surface area contributed by atoms with E-state index in [1.807, 2.05) is 24.3 Å². The van der Waals surface area contributed by atoms with Gasteiger partial charge in [0.2, 0.25) is 11.8 Å². The van der Waals surface area contributed by atoms with Crippen molar-refractivity contribution in [1.82, 2.24) is 5.32 Å². The third kappa shape index (κ3) is 4.35. The summed E-state index contributed by atoms with van der Waals surface area (Å²) in [4.78, 5) is 26.3. The number of halogens is 1. The summed E-state index contributed by atoms with van der Waals surface area (Å²) in [6, 6.07) is 14.8. The van der Waals surface area contributed by atoms with Gasteiger partial charge < -0.3 is 15.0 Å². The summed E-state index contributed by atoms with van der Waals surface area (Å²) in [6.07, 6.45) is 0.967. The van der Waals surface area contributed by atoms with Gasteiger partial charge in [-0.05, 0) is 48.4 Å². The lowest BCUT2D eigenvalue weighted by Gasteiger charge is -2.16. The molecule has 1 saturated heterocycles. The highest BCUT2D eigenvalue weighted by molar-refractivity contribution is 6.30. The molecule has 2 amide bonds. The zero-order valence-electron chi connectivity index (χ0n) is 14.6. The van der Waals surface area contributed by atoms with E-state index in [4.69, 9.17) is 16.3 Å². The Bertz CT molecular complexity index is 775. The summed E-state index contributed by atoms with van der Waals surface area (Å²) in [5.74, 6) is 0.365. The minimum Gasteiger partial charge on any atom is -0.497 e. The highest BCUT2D eigenvalue weighted by Crippen LogP contribution is 2.26. The molecule has 6 heteroatoms. The Morgan fingerprint density at radius 2 is 1.88 bits per heavy atom. The minimum atomic E-state index is -0.325. The van der Waals surface area contributed by atoms with Gasteiger partial charge in [0, 0.05) is 30.2 Å². The lowest BCUT2D eigenvalue weighted by molar-refractivity contribution is -0.126. The molecule has 2 aromatic rings. The topological polar surface area (TPSA) is 58.6 Å². The Kier molecular flexibility index (Phi) is 5.78. The number of ether oxygens (including phenoxy) is 1. The minimum absolute atomic E-state index is 0.0392. The van der Waals surface area contributed by atoms with Crippen LogP contribution in [-0.2, 0) is 16.0 Å². The van der Waals surface area contributed by atoms with Crippen molar-refractivity contribution in [3.63, 3.8) is 0 Å². The molecule has 2 aromatic carbocycles. The number of methoxy groups -OCH3 is 1. The van der Waals surface area contributed by atoms with E-state index in [2.05, 4.69) is 5.32 Å². The van der Waals surface area contributed by atoms with Gasteiger partial charge in [0.05, 0.1) is 13.0 Å². The molecule has 1 unspecified atom stereocenters. The molecular weight excluding hydrogens is 352 g/mol. The van der Waals surface area contributed by atoms with Gasteiger partial charge >= 0.3 is 0 Å². The Morgan fingerprint density at radius 1 is 1.19 bits per heavy atom. The zero-order valence-corrected chi connectivity index (χ0v) is 15.3. The molecule has 0 spiro atoms. The van der Waals surface area contributed by atoms with Gasteiger partial charge in [0.25, 0.3) is 0 Å². The molecule has 1 N–H and O–H groups in total. The number of hydrogen-bond acceptors (Lipinski definition) is 3. The average Bonchev–Trinajstić information content (AvgIpc) is 3.05. The molecule has 1 heterocycles. The number of carbonyl (C=O) groups is 2. The number of rotatable bonds is 6. The molecule has 3 rings (SSSR count). The molecule has 0 aliphatic carbocycles. The maximum absolute atomic E-state index is 12.4. The molecule has 5 nitrogen and oxygen atoms in total. The van der Waals surface area contributed by atoms with E-state index in [1.54, 1.807) is 36.3 Å². The maximum atomic E-state index is 12.4.